The first-order chi connectivity index (χ1) is 13.9. The number of aryl methyl sites for hydroxylation is 1. The van der Waals surface area contributed by atoms with Crippen molar-refractivity contribution in [2.75, 3.05) is 4.90 Å². The van der Waals surface area contributed by atoms with Gasteiger partial charge >= 0.3 is 0 Å². The number of benzene rings is 2. The fourth-order valence-electron chi connectivity index (χ4n) is 4.27. The third-order valence-electron chi connectivity index (χ3n) is 5.73. The molecule has 1 saturated heterocycles. The highest BCUT2D eigenvalue weighted by Crippen LogP contribution is 2.35. The molecule has 1 aliphatic heterocycles. The number of hydrogen-bond acceptors (Lipinski definition) is 4. The Morgan fingerprint density at radius 3 is 2.17 bits per heavy atom. The average molecular weight is 413 g/mol. The number of amides is 2. The third kappa shape index (κ3) is 3.60. The van der Waals surface area contributed by atoms with E-state index in [1.807, 2.05) is 6.92 Å². The number of hydrogen-bond donors (Lipinski definition) is 0. The van der Waals surface area contributed by atoms with Crippen molar-refractivity contribution >= 4 is 27.5 Å². The van der Waals surface area contributed by atoms with Gasteiger partial charge in [-0.25, -0.2) is 13.3 Å². The van der Waals surface area contributed by atoms with E-state index in [-0.39, 0.29) is 23.3 Å². The smallest absolute Gasteiger partial charge is 0.252 e. The second kappa shape index (κ2) is 7.72. The molecule has 2 aromatic carbocycles. The Morgan fingerprint density at radius 2 is 1.55 bits per heavy atom. The zero-order chi connectivity index (χ0) is 20.6. The fraction of sp³-hybridized carbons (Fsp3) is 0.364. The summed E-state index contributed by atoms with van der Waals surface area (Å²) < 4.78 is 28.4. The largest absolute Gasteiger partial charge is 0.274 e. The van der Waals surface area contributed by atoms with E-state index in [0.29, 0.717) is 18.5 Å². The molecule has 2 aromatic rings. The van der Waals surface area contributed by atoms with Crippen LogP contribution in [-0.2, 0) is 19.6 Å². The molecule has 2 fully saturated rings. The predicted octanol–water partition coefficient (Wildman–Crippen LogP) is 3.26. The minimum absolute atomic E-state index is 0.130. The van der Waals surface area contributed by atoms with Crippen molar-refractivity contribution in [1.82, 2.24) is 4.31 Å². The standard InChI is InChI=1S/C22H24N2O4S/c1-16-11-13-19(14-12-16)29(27,28)24(18-9-5-6-10-18)20-15-21(25)23(22(20)26)17-7-3-2-4-8-17/h2-4,7-8,11-14,18,20H,5-6,9-10,15H2,1H3. The zero-order valence-electron chi connectivity index (χ0n) is 16.3. The topological polar surface area (TPSA) is 74.8 Å². The third-order valence-corrected chi connectivity index (χ3v) is 7.70. The lowest BCUT2D eigenvalue weighted by Gasteiger charge is -2.32. The summed E-state index contributed by atoms with van der Waals surface area (Å²) in [5, 5.41) is 0. The van der Waals surface area contributed by atoms with Gasteiger partial charge in [-0.1, -0.05) is 48.7 Å². The number of rotatable bonds is 5. The van der Waals surface area contributed by atoms with Crippen LogP contribution in [-0.4, -0.2) is 36.6 Å². The number of imide groups is 1. The van der Waals surface area contributed by atoms with Crippen LogP contribution in [0.15, 0.2) is 59.5 Å². The summed E-state index contributed by atoms with van der Waals surface area (Å²) in [7, 11) is -3.91. The summed E-state index contributed by atoms with van der Waals surface area (Å²) in [6.45, 7) is 1.89. The van der Waals surface area contributed by atoms with E-state index in [4.69, 9.17) is 0 Å². The Balaban J connectivity index is 1.74. The number of carbonyl (C=O) groups is 2. The van der Waals surface area contributed by atoms with Gasteiger partial charge in [0.2, 0.25) is 15.9 Å². The Morgan fingerprint density at radius 1 is 0.931 bits per heavy atom. The molecule has 6 nitrogen and oxygen atoms in total. The van der Waals surface area contributed by atoms with Gasteiger partial charge in [0.05, 0.1) is 17.0 Å². The van der Waals surface area contributed by atoms with Crippen molar-refractivity contribution in [3.63, 3.8) is 0 Å². The van der Waals surface area contributed by atoms with Gasteiger partial charge in [-0.2, -0.15) is 4.31 Å². The minimum atomic E-state index is -3.91. The lowest BCUT2D eigenvalue weighted by atomic mass is 10.2. The molecule has 1 unspecified atom stereocenters. The van der Waals surface area contributed by atoms with Crippen LogP contribution in [0.5, 0.6) is 0 Å². The van der Waals surface area contributed by atoms with E-state index in [1.54, 1.807) is 54.6 Å². The predicted molar refractivity (Wildman–Crippen MR) is 110 cm³/mol. The lowest BCUT2D eigenvalue weighted by Crippen LogP contribution is -2.49. The molecule has 1 heterocycles. The molecule has 2 aliphatic rings. The number of nitrogens with zero attached hydrogens (tertiary/aromatic N) is 2. The van der Waals surface area contributed by atoms with Gasteiger partial charge in [0, 0.05) is 6.04 Å². The van der Waals surface area contributed by atoms with Crippen LogP contribution in [0.25, 0.3) is 0 Å². The molecule has 0 bridgehead atoms. The molecule has 1 saturated carbocycles. The lowest BCUT2D eigenvalue weighted by molar-refractivity contribution is -0.122. The van der Waals surface area contributed by atoms with E-state index in [9.17, 15) is 18.0 Å². The number of carbonyl (C=O) groups excluding carboxylic acids is 2. The van der Waals surface area contributed by atoms with Crippen LogP contribution in [0.3, 0.4) is 0 Å². The second-order valence-electron chi connectivity index (χ2n) is 7.71. The van der Waals surface area contributed by atoms with Crippen LogP contribution in [0.1, 0.15) is 37.7 Å². The van der Waals surface area contributed by atoms with E-state index in [2.05, 4.69) is 0 Å². The van der Waals surface area contributed by atoms with Gasteiger partial charge in [0.25, 0.3) is 5.91 Å². The molecule has 0 aromatic heterocycles. The molecule has 0 spiro atoms. The Kier molecular flexibility index (Phi) is 5.27. The summed E-state index contributed by atoms with van der Waals surface area (Å²) >= 11 is 0. The van der Waals surface area contributed by atoms with Gasteiger partial charge in [-0.05, 0) is 44.0 Å². The van der Waals surface area contributed by atoms with Crippen molar-refractivity contribution in [2.24, 2.45) is 0 Å². The molecule has 1 atom stereocenters. The van der Waals surface area contributed by atoms with Crippen LogP contribution >= 0.6 is 0 Å². The van der Waals surface area contributed by atoms with E-state index < -0.39 is 22.0 Å². The normalized spacial score (nSPS) is 20.8. The van der Waals surface area contributed by atoms with Crippen LogP contribution < -0.4 is 4.90 Å². The van der Waals surface area contributed by atoms with Crippen molar-refractivity contribution in [1.29, 1.82) is 0 Å². The summed E-state index contributed by atoms with van der Waals surface area (Å²) in [4.78, 5) is 27.2. The van der Waals surface area contributed by atoms with Crippen molar-refractivity contribution < 1.29 is 18.0 Å². The van der Waals surface area contributed by atoms with Crippen LogP contribution in [0.2, 0.25) is 0 Å². The molecule has 2 amide bonds. The zero-order valence-corrected chi connectivity index (χ0v) is 17.1. The van der Waals surface area contributed by atoms with Gasteiger partial charge in [0.1, 0.15) is 6.04 Å². The van der Waals surface area contributed by atoms with Crippen LogP contribution in [0, 0.1) is 6.92 Å². The number of para-hydroxylation sites is 1. The SMILES string of the molecule is Cc1ccc(S(=O)(=O)N(C2CCCC2)C2CC(=O)N(c3ccccc3)C2=O)cc1. The molecule has 1 aliphatic carbocycles. The molecule has 0 N–H and O–H groups in total. The minimum Gasteiger partial charge on any atom is -0.274 e. The Bertz CT molecular complexity index is 1010. The molecular weight excluding hydrogens is 388 g/mol. The van der Waals surface area contributed by atoms with E-state index in [0.717, 1.165) is 23.3 Å². The van der Waals surface area contributed by atoms with E-state index >= 15 is 0 Å². The highest BCUT2D eigenvalue weighted by molar-refractivity contribution is 7.89. The van der Waals surface area contributed by atoms with Gasteiger partial charge in [-0.3, -0.25) is 9.59 Å². The summed E-state index contributed by atoms with van der Waals surface area (Å²) in [6.07, 6.45) is 3.11. The molecule has 4 rings (SSSR count). The van der Waals surface area contributed by atoms with Crippen molar-refractivity contribution in [2.45, 2.75) is 56.0 Å². The maximum Gasteiger partial charge on any atom is 0.252 e. The number of anilines is 1. The highest BCUT2D eigenvalue weighted by atomic mass is 32.2. The molecule has 29 heavy (non-hydrogen) atoms. The fourth-order valence-corrected chi connectivity index (χ4v) is 6.10. The Labute approximate surface area is 171 Å². The molecule has 7 heteroatoms. The number of sulfonamides is 1. The first kappa shape index (κ1) is 19.8. The average Bonchev–Trinajstić information content (AvgIpc) is 3.32. The maximum absolute atomic E-state index is 13.6. The quantitative estimate of drug-likeness (QED) is 0.707. The maximum atomic E-state index is 13.6. The van der Waals surface area contributed by atoms with Gasteiger partial charge in [0.15, 0.2) is 0 Å². The second-order valence-corrected chi connectivity index (χ2v) is 9.55. The van der Waals surface area contributed by atoms with Gasteiger partial charge in [-0.15, -0.1) is 0 Å². The van der Waals surface area contributed by atoms with Gasteiger partial charge < -0.3 is 0 Å². The van der Waals surface area contributed by atoms with E-state index in [1.165, 1.54) is 4.31 Å². The summed E-state index contributed by atoms with van der Waals surface area (Å²) in [5.74, 6) is -0.836. The molecule has 0 radical (unpaired) electrons. The summed E-state index contributed by atoms with van der Waals surface area (Å²) in [6, 6.07) is 14.1. The highest BCUT2D eigenvalue weighted by Gasteiger charge is 2.49. The molecular formula is C22H24N2O4S. The summed E-state index contributed by atoms with van der Waals surface area (Å²) in [5.41, 5.74) is 1.43. The first-order valence-corrected chi connectivity index (χ1v) is 11.4. The monoisotopic (exact) mass is 412 g/mol. The van der Waals surface area contributed by atoms with Crippen LogP contribution in [0.4, 0.5) is 5.69 Å². The molecule has 152 valence electrons. The first-order valence-electron chi connectivity index (χ1n) is 9.91. The van der Waals surface area contributed by atoms with Crippen molar-refractivity contribution in [3.05, 3.63) is 60.2 Å². The Hall–Kier alpha value is -2.51. The van der Waals surface area contributed by atoms with Crippen molar-refractivity contribution in [3.8, 4) is 0 Å².